The molecule has 0 unspecified atom stereocenters. The van der Waals surface area contributed by atoms with Crippen molar-refractivity contribution in [2.24, 2.45) is 5.73 Å². The summed E-state index contributed by atoms with van der Waals surface area (Å²) in [6.45, 7) is 4.47. The second-order valence-corrected chi connectivity index (χ2v) is 10.2. The summed E-state index contributed by atoms with van der Waals surface area (Å²) < 4.78 is 40.3. The van der Waals surface area contributed by atoms with E-state index in [0.29, 0.717) is 31.6 Å². The fraction of sp³-hybridized carbons (Fsp3) is 0.542. The number of hydrogen-bond donors (Lipinski definition) is 4. The van der Waals surface area contributed by atoms with Gasteiger partial charge in [0.1, 0.15) is 11.4 Å². The molecule has 35 heavy (non-hydrogen) atoms. The van der Waals surface area contributed by atoms with E-state index in [1.165, 1.54) is 0 Å². The molecule has 1 aliphatic heterocycles. The van der Waals surface area contributed by atoms with Gasteiger partial charge < -0.3 is 26.4 Å². The zero-order valence-corrected chi connectivity index (χ0v) is 19.9. The average molecular weight is 493 g/mol. The monoisotopic (exact) mass is 492 g/mol. The van der Waals surface area contributed by atoms with Gasteiger partial charge in [0, 0.05) is 37.1 Å². The zero-order chi connectivity index (χ0) is 25.4. The van der Waals surface area contributed by atoms with Crippen molar-refractivity contribution in [3.63, 3.8) is 0 Å². The van der Waals surface area contributed by atoms with E-state index in [0.717, 1.165) is 30.2 Å². The average Bonchev–Trinajstić information content (AvgIpc) is 3.48. The molecular weight excluding hydrogens is 461 g/mol. The lowest BCUT2D eigenvalue weighted by atomic mass is 9.97. The van der Waals surface area contributed by atoms with Gasteiger partial charge in [0.15, 0.2) is 0 Å². The van der Waals surface area contributed by atoms with Crippen LogP contribution in [0.2, 0.25) is 0 Å². The van der Waals surface area contributed by atoms with Gasteiger partial charge in [-0.1, -0.05) is 6.07 Å². The molecule has 2 heterocycles. The molecule has 1 saturated carbocycles. The van der Waals surface area contributed by atoms with Crippen LogP contribution in [0.15, 0.2) is 24.4 Å². The molecule has 0 radical (unpaired) electrons. The smallest absolute Gasteiger partial charge is 0.390 e. The molecule has 1 aliphatic carbocycles. The number of rotatable bonds is 8. The Kier molecular flexibility index (Phi) is 6.67. The summed E-state index contributed by atoms with van der Waals surface area (Å²) in [6, 6.07) is 5.55. The Labute approximate surface area is 202 Å². The molecule has 1 amide bonds. The number of hydrogen-bond acceptors (Lipinski definition) is 7. The lowest BCUT2D eigenvalue weighted by molar-refractivity contribution is -0.137. The first-order valence-corrected chi connectivity index (χ1v) is 11.7. The molecule has 4 rings (SSSR count). The number of anilines is 3. The summed E-state index contributed by atoms with van der Waals surface area (Å²) in [6.07, 6.45) is -0.808. The van der Waals surface area contributed by atoms with E-state index < -0.39 is 17.3 Å². The largest absolute Gasteiger partial charge is 0.421 e. The Hall–Kier alpha value is -2.92. The van der Waals surface area contributed by atoms with Crippen LogP contribution < -0.4 is 16.4 Å². The molecule has 2 aliphatic rings. The summed E-state index contributed by atoms with van der Waals surface area (Å²) in [4.78, 5) is 22.1. The zero-order valence-electron chi connectivity index (χ0n) is 19.9. The minimum Gasteiger partial charge on any atom is -0.390 e. The number of benzene rings is 1. The van der Waals surface area contributed by atoms with Gasteiger partial charge >= 0.3 is 6.18 Å². The Bertz CT molecular complexity index is 1100. The van der Waals surface area contributed by atoms with E-state index in [2.05, 4.69) is 20.6 Å². The number of aromatic nitrogens is 2. The second-order valence-electron chi connectivity index (χ2n) is 10.2. The van der Waals surface area contributed by atoms with Crippen molar-refractivity contribution in [1.82, 2.24) is 14.9 Å². The van der Waals surface area contributed by atoms with Gasteiger partial charge in [-0.3, -0.25) is 4.79 Å². The molecular formula is C24H31F3N6O2. The Balaban J connectivity index is 1.45. The first-order chi connectivity index (χ1) is 16.3. The van der Waals surface area contributed by atoms with Crippen molar-refractivity contribution in [3.05, 3.63) is 41.1 Å². The van der Waals surface area contributed by atoms with Crippen LogP contribution in [0.1, 0.15) is 56.2 Å². The van der Waals surface area contributed by atoms with E-state index >= 15 is 0 Å². The Morgan fingerprint density at radius 1 is 1.26 bits per heavy atom. The number of aliphatic hydroxyl groups is 1. The molecule has 1 fully saturated rings. The summed E-state index contributed by atoms with van der Waals surface area (Å²) in [5.41, 5.74) is 6.42. The predicted octanol–water partition coefficient (Wildman–Crippen LogP) is 3.58. The van der Waals surface area contributed by atoms with Crippen LogP contribution in [0.25, 0.3) is 0 Å². The maximum Gasteiger partial charge on any atom is 0.421 e. The predicted molar refractivity (Wildman–Crippen MR) is 126 cm³/mol. The number of fused-ring (bicyclic) bond motifs is 1. The van der Waals surface area contributed by atoms with Gasteiger partial charge in [-0.2, -0.15) is 18.2 Å². The number of nitrogens with two attached hydrogens (primary N) is 1. The molecule has 2 aromatic rings. The van der Waals surface area contributed by atoms with Crippen LogP contribution in [-0.4, -0.2) is 50.1 Å². The molecule has 11 heteroatoms. The van der Waals surface area contributed by atoms with Gasteiger partial charge in [0.2, 0.25) is 11.9 Å². The number of nitrogens with zero attached hydrogens (tertiary/aromatic N) is 3. The highest BCUT2D eigenvalue weighted by molar-refractivity contribution is 5.77. The lowest BCUT2D eigenvalue weighted by Crippen LogP contribution is -2.39. The minimum absolute atomic E-state index is 0.0483. The first kappa shape index (κ1) is 25.2. The number of carbonyl (C=O) groups excluding carboxylic acids is 1. The third-order valence-corrected chi connectivity index (χ3v) is 6.31. The molecule has 1 aromatic carbocycles. The van der Waals surface area contributed by atoms with Crippen molar-refractivity contribution in [1.29, 1.82) is 0 Å². The third kappa shape index (κ3) is 6.61. The van der Waals surface area contributed by atoms with Crippen LogP contribution in [0.3, 0.4) is 0 Å². The SMILES string of the molecule is CC(C)(O)CC(=O)N1CCc2cc(Nc3ncc(C(F)(F)F)c(NCCC4(N)CC4)n3)ccc2C1. The molecule has 190 valence electrons. The maximum atomic E-state index is 13.4. The van der Waals surface area contributed by atoms with Gasteiger partial charge in [-0.25, -0.2) is 4.98 Å². The fourth-order valence-electron chi connectivity index (χ4n) is 4.08. The van der Waals surface area contributed by atoms with Crippen LogP contribution >= 0.6 is 0 Å². The topological polar surface area (TPSA) is 116 Å². The van der Waals surface area contributed by atoms with Crippen molar-refractivity contribution in [3.8, 4) is 0 Å². The van der Waals surface area contributed by atoms with Crippen molar-refractivity contribution < 1.29 is 23.1 Å². The molecule has 0 spiro atoms. The normalized spacial score (nSPS) is 17.1. The van der Waals surface area contributed by atoms with Gasteiger partial charge in [0.25, 0.3) is 0 Å². The maximum absolute atomic E-state index is 13.4. The Morgan fingerprint density at radius 2 is 2.00 bits per heavy atom. The highest BCUT2D eigenvalue weighted by Gasteiger charge is 2.38. The number of alkyl halides is 3. The number of amides is 1. The molecule has 1 aromatic heterocycles. The van der Waals surface area contributed by atoms with Crippen LogP contribution in [0, 0.1) is 0 Å². The van der Waals surface area contributed by atoms with E-state index in [9.17, 15) is 23.1 Å². The van der Waals surface area contributed by atoms with Gasteiger partial charge in [0.05, 0.1) is 12.0 Å². The summed E-state index contributed by atoms with van der Waals surface area (Å²) in [7, 11) is 0. The Morgan fingerprint density at radius 3 is 2.66 bits per heavy atom. The third-order valence-electron chi connectivity index (χ3n) is 6.31. The molecule has 0 bridgehead atoms. The van der Waals surface area contributed by atoms with Gasteiger partial charge in [-0.05, 0) is 62.8 Å². The van der Waals surface area contributed by atoms with E-state index in [4.69, 9.17) is 5.73 Å². The van der Waals surface area contributed by atoms with E-state index in [1.54, 1.807) is 24.8 Å². The molecule has 0 atom stereocenters. The van der Waals surface area contributed by atoms with Crippen LogP contribution in [0.4, 0.5) is 30.6 Å². The molecule has 8 nitrogen and oxygen atoms in total. The summed E-state index contributed by atoms with van der Waals surface area (Å²) >= 11 is 0. The molecule has 0 saturated heterocycles. The summed E-state index contributed by atoms with van der Waals surface area (Å²) in [5.74, 6) is -0.337. The number of carbonyl (C=O) groups is 1. The highest BCUT2D eigenvalue weighted by atomic mass is 19.4. The van der Waals surface area contributed by atoms with Crippen LogP contribution in [-0.2, 0) is 23.9 Å². The standard InChI is InChI=1S/C24H31F3N6O2/c1-22(2,35)12-19(34)33-10-5-15-11-17(4-3-16(15)14-33)31-21-30-13-18(24(25,26)27)20(32-21)29-9-8-23(28)6-7-23/h3-4,11,13,35H,5-10,12,14,28H2,1-2H3,(H2,29,30,31,32). The van der Waals surface area contributed by atoms with Crippen molar-refractivity contribution in [2.45, 2.75) is 69.8 Å². The second kappa shape index (κ2) is 9.27. The minimum atomic E-state index is -4.58. The number of nitrogens with one attached hydrogen (secondary N) is 2. The van der Waals surface area contributed by atoms with Crippen molar-refractivity contribution in [2.75, 3.05) is 23.7 Å². The number of halogens is 3. The first-order valence-electron chi connectivity index (χ1n) is 11.7. The quantitative estimate of drug-likeness (QED) is 0.445. The van der Waals surface area contributed by atoms with Gasteiger partial charge in [-0.15, -0.1) is 0 Å². The lowest BCUT2D eigenvalue weighted by Gasteiger charge is -2.31. The van der Waals surface area contributed by atoms with Crippen molar-refractivity contribution >= 4 is 23.4 Å². The fourth-order valence-corrected chi connectivity index (χ4v) is 4.08. The molecule has 5 N–H and O–H groups in total. The summed E-state index contributed by atoms with van der Waals surface area (Å²) in [5, 5.41) is 15.7. The van der Waals surface area contributed by atoms with E-state index in [-0.39, 0.29) is 36.2 Å². The van der Waals surface area contributed by atoms with E-state index in [1.807, 2.05) is 12.1 Å². The van der Waals surface area contributed by atoms with Crippen LogP contribution in [0.5, 0.6) is 0 Å². The highest BCUT2D eigenvalue weighted by Crippen LogP contribution is 2.37.